The van der Waals surface area contributed by atoms with Crippen molar-refractivity contribution in [2.45, 2.75) is 40.2 Å². The first-order valence-corrected chi connectivity index (χ1v) is 10.2. The van der Waals surface area contributed by atoms with Crippen LogP contribution in [-0.4, -0.2) is 32.9 Å². The van der Waals surface area contributed by atoms with Crippen LogP contribution in [0, 0.1) is 6.92 Å². The number of nitrogens with zero attached hydrogens (tertiary/aromatic N) is 1. The van der Waals surface area contributed by atoms with Crippen LogP contribution in [0.1, 0.15) is 33.3 Å². The fourth-order valence-corrected chi connectivity index (χ4v) is 5.01. The lowest BCUT2D eigenvalue weighted by Gasteiger charge is -2.26. The summed E-state index contributed by atoms with van der Waals surface area (Å²) in [6.45, 7) is 10.3. The number of hydrogen-bond donors (Lipinski definition) is 0. The van der Waals surface area contributed by atoms with Crippen LogP contribution in [-0.2, 0) is 14.8 Å². The Hall–Kier alpha value is -1.11. The van der Waals surface area contributed by atoms with Crippen LogP contribution in [0.2, 0.25) is 0 Å². The molecule has 1 aromatic carbocycles. The van der Waals surface area contributed by atoms with E-state index in [9.17, 15) is 8.42 Å². The van der Waals surface area contributed by atoms with Crippen LogP contribution in [0.25, 0.3) is 10.1 Å². The van der Waals surface area contributed by atoms with Gasteiger partial charge in [-0.3, -0.25) is 4.31 Å². The molecule has 4 nitrogen and oxygen atoms in total. The molecule has 23 heavy (non-hydrogen) atoms. The van der Waals surface area contributed by atoms with Crippen molar-refractivity contribution in [2.24, 2.45) is 0 Å². The molecule has 0 saturated heterocycles. The Kier molecular flexibility index (Phi) is 5.38. The maximum Gasteiger partial charge on any atom is 0.235 e. The van der Waals surface area contributed by atoms with Crippen molar-refractivity contribution in [1.82, 2.24) is 0 Å². The van der Waals surface area contributed by atoms with Gasteiger partial charge in [0.2, 0.25) is 10.0 Å². The highest BCUT2D eigenvalue weighted by Crippen LogP contribution is 2.38. The van der Waals surface area contributed by atoms with Gasteiger partial charge >= 0.3 is 0 Å². The average Bonchev–Trinajstić information content (AvgIpc) is 2.80. The normalized spacial score (nSPS) is 12.7. The van der Waals surface area contributed by atoms with Gasteiger partial charge in [0, 0.05) is 4.70 Å². The Morgan fingerprint density at radius 2 is 1.87 bits per heavy atom. The summed E-state index contributed by atoms with van der Waals surface area (Å²) in [7, 11) is -3.34. The largest absolute Gasteiger partial charge is 0.374 e. The average molecular weight is 356 g/mol. The number of aryl methyl sites for hydroxylation is 1. The monoisotopic (exact) mass is 355 g/mol. The quantitative estimate of drug-likeness (QED) is 0.781. The second-order valence-corrected chi connectivity index (χ2v) is 9.67. The van der Waals surface area contributed by atoms with E-state index in [-0.39, 0.29) is 11.4 Å². The van der Waals surface area contributed by atoms with Gasteiger partial charge in [-0.25, -0.2) is 8.42 Å². The molecule has 2 rings (SSSR count). The summed E-state index contributed by atoms with van der Waals surface area (Å²) < 4.78 is 33.5. The fourth-order valence-electron chi connectivity index (χ4n) is 2.36. The van der Waals surface area contributed by atoms with Gasteiger partial charge in [-0.15, -0.1) is 11.3 Å². The van der Waals surface area contributed by atoms with E-state index >= 15 is 0 Å². The maximum absolute atomic E-state index is 12.6. The third kappa shape index (κ3) is 4.25. The molecule has 0 unspecified atom stereocenters. The zero-order valence-corrected chi connectivity index (χ0v) is 16.1. The van der Waals surface area contributed by atoms with Gasteiger partial charge < -0.3 is 4.74 Å². The van der Waals surface area contributed by atoms with Crippen LogP contribution in [0.3, 0.4) is 0 Å². The molecule has 1 heterocycles. The van der Waals surface area contributed by atoms with E-state index in [1.165, 1.54) is 15.6 Å². The van der Waals surface area contributed by atoms with Crippen LogP contribution in [0.5, 0.6) is 0 Å². The Labute approximate surface area is 143 Å². The molecular formula is C17H25NO3S2. The number of thiophene rings is 1. The van der Waals surface area contributed by atoms with Gasteiger partial charge in [0.1, 0.15) is 5.00 Å². The number of fused-ring (bicyclic) bond motifs is 1. The first-order valence-electron chi connectivity index (χ1n) is 7.78. The molecule has 6 heteroatoms. The van der Waals surface area contributed by atoms with Crippen LogP contribution in [0.15, 0.2) is 24.3 Å². The molecular weight excluding hydrogens is 330 g/mol. The summed E-state index contributed by atoms with van der Waals surface area (Å²) in [6.07, 6.45) is 0. The minimum atomic E-state index is -3.34. The number of ether oxygens (including phenoxy) is 1. The SMILES string of the molecule is CCS(=O)(=O)N(CCOC(C)(C)C)c1sc2ccccc2c1C. The van der Waals surface area contributed by atoms with Gasteiger partial charge in [-0.05, 0) is 51.6 Å². The molecule has 0 N–H and O–H groups in total. The molecule has 128 valence electrons. The smallest absolute Gasteiger partial charge is 0.235 e. The molecule has 0 saturated carbocycles. The summed E-state index contributed by atoms with van der Waals surface area (Å²) in [5.74, 6) is 0.0796. The van der Waals surface area contributed by atoms with Crippen LogP contribution < -0.4 is 4.31 Å². The van der Waals surface area contributed by atoms with Crippen molar-refractivity contribution in [1.29, 1.82) is 0 Å². The highest BCUT2D eigenvalue weighted by Gasteiger charge is 2.25. The van der Waals surface area contributed by atoms with E-state index in [0.29, 0.717) is 13.2 Å². The first-order chi connectivity index (χ1) is 10.7. The van der Waals surface area contributed by atoms with Crippen molar-refractivity contribution >= 4 is 36.4 Å². The van der Waals surface area contributed by atoms with E-state index in [1.807, 2.05) is 52.0 Å². The van der Waals surface area contributed by atoms with Gasteiger partial charge in [0.25, 0.3) is 0 Å². The van der Waals surface area contributed by atoms with E-state index < -0.39 is 10.0 Å². The minimum absolute atomic E-state index is 0.0796. The molecule has 1 aromatic heterocycles. The molecule has 0 aliphatic carbocycles. The van der Waals surface area contributed by atoms with E-state index in [0.717, 1.165) is 20.7 Å². The summed E-state index contributed by atoms with van der Waals surface area (Å²) >= 11 is 1.52. The van der Waals surface area contributed by atoms with Crippen molar-refractivity contribution in [2.75, 3.05) is 23.2 Å². The Morgan fingerprint density at radius 3 is 2.43 bits per heavy atom. The lowest BCUT2D eigenvalue weighted by Crippen LogP contribution is -2.36. The molecule has 0 fully saturated rings. The predicted octanol–water partition coefficient (Wildman–Crippen LogP) is 4.18. The van der Waals surface area contributed by atoms with Crippen LogP contribution in [0.4, 0.5) is 5.00 Å². The molecule has 0 spiro atoms. The van der Waals surface area contributed by atoms with Crippen LogP contribution >= 0.6 is 11.3 Å². The lowest BCUT2D eigenvalue weighted by molar-refractivity contribution is 0.00235. The Morgan fingerprint density at radius 1 is 1.22 bits per heavy atom. The molecule has 0 aliphatic heterocycles. The predicted molar refractivity (Wildman–Crippen MR) is 99.1 cm³/mol. The number of anilines is 1. The fraction of sp³-hybridized carbons (Fsp3) is 0.529. The number of rotatable bonds is 6. The first kappa shape index (κ1) is 18.2. The summed E-state index contributed by atoms with van der Waals surface area (Å²) in [4.78, 5) is 0. The van der Waals surface area contributed by atoms with Gasteiger partial charge in [0.05, 0.1) is 24.5 Å². The standard InChI is InChI=1S/C17H25NO3S2/c1-6-23(19,20)18(11-12-21-17(3,4)5)16-13(2)14-9-7-8-10-15(14)22-16/h7-10H,6,11-12H2,1-5H3. The third-order valence-electron chi connectivity index (χ3n) is 3.58. The van der Waals surface area contributed by atoms with E-state index in [1.54, 1.807) is 6.92 Å². The van der Waals surface area contributed by atoms with Crippen molar-refractivity contribution in [3.8, 4) is 0 Å². The molecule has 0 atom stereocenters. The van der Waals surface area contributed by atoms with Gasteiger partial charge in [0.15, 0.2) is 0 Å². The summed E-state index contributed by atoms with van der Waals surface area (Å²) in [6, 6.07) is 8.02. The topological polar surface area (TPSA) is 46.6 Å². The molecule has 0 amide bonds. The second-order valence-electron chi connectivity index (χ2n) is 6.46. The highest BCUT2D eigenvalue weighted by molar-refractivity contribution is 7.93. The summed E-state index contributed by atoms with van der Waals surface area (Å²) in [5.41, 5.74) is 0.731. The zero-order valence-electron chi connectivity index (χ0n) is 14.4. The van der Waals surface area contributed by atoms with Gasteiger partial charge in [-0.1, -0.05) is 18.2 Å². The number of sulfonamides is 1. The molecule has 0 radical (unpaired) electrons. The second kappa shape index (κ2) is 6.79. The third-order valence-corrected chi connectivity index (χ3v) is 6.75. The maximum atomic E-state index is 12.6. The van der Waals surface area contributed by atoms with Crippen molar-refractivity contribution in [3.63, 3.8) is 0 Å². The van der Waals surface area contributed by atoms with Crippen molar-refractivity contribution in [3.05, 3.63) is 29.8 Å². The minimum Gasteiger partial charge on any atom is -0.374 e. The van der Waals surface area contributed by atoms with E-state index in [2.05, 4.69) is 0 Å². The number of benzene rings is 1. The molecule has 0 bridgehead atoms. The van der Waals surface area contributed by atoms with Crippen molar-refractivity contribution < 1.29 is 13.2 Å². The Balaban J connectivity index is 2.38. The van der Waals surface area contributed by atoms with E-state index in [4.69, 9.17) is 4.74 Å². The number of hydrogen-bond acceptors (Lipinski definition) is 4. The lowest BCUT2D eigenvalue weighted by atomic mass is 10.2. The summed E-state index contributed by atoms with van der Waals surface area (Å²) in [5, 5.41) is 1.91. The Bertz CT molecular complexity index is 773. The van der Waals surface area contributed by atoms with Gasteiger partial charge in [-0.2, -0.15) is 0 Å². The highest BCUT2D eigenvalue weighted by atomic mass is 32.2. The molecule has 2 aromatic rings. The zero-order chi connectivity index (χ0) is 17.3. The molecule has 0 aliphatic rings.